The second kappa shape index (κ2) is 10.6. The van der Waals surface area contributed by atoms with Crippen LogP contribution in [0.4, 0.5) is 0 Å². The summed E-state index contributed by atoms with van der Waals surface area (Å²) in [6, 6.07) is 0. The highest BCUT2D eigenvalue weighted by molar-refractivity contribution is 5.94. The molecule has 3 rings (SSSR count). The Morgan fingerprint density at radius 3 is 2.52 bits per heavy atom. The van der Waals surface area contributed by atoms with E-state index in [0.29, 0.717) is 18.3 Å². The van der Waals surface area contributed by atoms with Crippen LogP contribution >= 0.6 is 0 Å². The molecule has 0 radical (unpaired) electrons. The molecule has 2 saturated carbocycles. The zero-order chi connectivity index (χ0) is 24.4. The molecule has 0 aromatic rings. The fourth-order valence-corrected chi connectivity index (χ4v) is 7.89. The fourth-order valence-electron chi connectivity index (χ4n) is 7.89. The maximum Gasteiger partial charge on any atom is 0.218 e. The lowest BCUT2D eigenvalue weighted by Gasteiger charge is -2.50. The van der Waals surface area contributed by atoms with Crippen molar-refractivity contribution in [2.45, 2.75) is 118 Å². The SMILES string of the molecule is CCCC[C@]1(C)CCC2C(=CC(=O)C3[C@@H](C)CC[C@H](O)[C@@H](C)CCC[C@@]23C)C(CC(N)=O)C1. The molecular formula is C29H49NO3. The predicted octanol–water partition coefficient (Wildman–Crippen LogP) is 6.20. The summed E-state index contributed by atoms with van der Waals surface area (Å²) in [7, 11) is 0. The molecule has 0 heterocycles. The Kier molecular flexibility index (Phi) is 8.51. The van der Waals surface area contributed by atoms with E-state index in [9.17, 15) is 14.7 Å². The van der Waals surface area contributed by atoms with Crippen LogP contribution in [-0.4, -0.2) is 22.9 Å². The van der Waals surface area contributed by atoms with E-state index in [1.54, 1.807) is 0 Å². The molecule has 0 aromatic carbocycles. The van der Waals surface area contributed by atoms with E-state index in [4.69, 9.17) is 5.73 Å². The number of primary amides is 1. The first-order chi connectivity index (χ1) is 15.5. The quantitative estimate of drug-likeness (QED) is 0.513. The molecule has 8 atom stereocenters. The van der Waals surface area contributed by atoms with Gasteiger partial charge in [-0.2, -0.15) is 0 Å². The first kappa shape index (κ1) is 26.4. The molecule has 3 aliphatic carbocycles. The first-order valence-corrected chi connectivity index (χ1v) is 13.7. The van der Waals surface area contributed by atoms with E-state index >= 15 is 0 Å². The molecule has 1 amide bonds. The zero-order valence-electron chi connectivity index (χ0n) is 21.9. The molecule has 33 heavy (non-hydrogen) atoms. The Hall–Kier alpha value is -1.16. The van der Waals surface area contributed by atoms with Crippen molar-refractivity contribution in [3.05, 3.63) is 11.6 Å². The summed E-state index contributed by atoms with van der Waals surface area (Å²) in [5.74, 6) is 0.999. The average Bonchev–Trinajstić information content (AvgIpc) is 2.86. The summed E-state index contributed by atoms with van der Waals surface area (Å²) in [4.78, 5) is 25.8. The Morgan fingerprint density at radius 1 is 1.12 bits per heavy atom. The van der Waals surface area contributed by atoms with Crippen molar-refractivity contribution in [1.29, 1.82) is 0 Å². The number of unbranched alkanes of at least 4 members (excludes halogenated alkanes) is 1. The highest BCUT2D eigenvalue weighted by atomic mass is 16.3. The second-order valence-corrected chi connectivity index (χ2v) is 12.6. The summed E-state index contributed by atoms with van der Waals surface area (Å²) >= 11 is 0. The van der Waals surface area contributed by atoms with E-state index in [1.165, 1.54) is 24.8 Å². The molecule has 0 bridgehead atoms. The lowest BCUT2D eigenvalue weighted by atomic mass is 9.53. The molecule has 3 aliphatic rings. The van der Waals surface area contributed by atoms with Gasteiger partial charge in [0, 0.05) is 12.3 Å². The van der Waals surface area contributed by atoms with Gasteiger partial charge in [-0.05, 0) is 91.9 Å². The van der Waals surface area contributed by atoms with Gasteiger partial charge in [-0.1, -0.05) is 59.5 Å². The Bertz CT molecular complexity index is 745. The van der Waals surface area contributed by atoms with Crippen LogP contribution in [0.3, 0.4) is 0 Å². The van der Waals surface area contributed by atoms with Crippen LogP contribution in [0.1, 0.15) is 112 Å². The lowest BCUT2D eigenvalue weighted by Crippen LogP contribution is -2.48. The number of ketones is 1. The number of fused-ring (bicyclic) bond motifs is 3. The van der Waals surface area contributed by atoms with Gasteiger partial charge in [0.05, 0.1) is 6.10 Å². The number of allylic oxidation sites excluding steroid dienone is 2. The summed E-state index contributed by atoms with van der Waals surface area (Å²) in [6.07, 6.45) is 13.6. The van der Waals surface area contributed by atoms with Gasteiger partial charge in [-0.25, -0.2) is 0 Å². The predicted molar refractivity (Wildman–Crippen MR) is 134 cm³/mol. The Balaban J connectivity index is 2.02. The molecule has 188 valence electrons. The third-order valence-corrected chi connectivity index (χ3v) is 9.87. The van der Waals surface area contributed by atoms with Crippen LogP contribution in [0.25, 0.3) is 0 Å². The van der Waals surface area contributed by atoms with Gasteiger partial charge in [0.25, 0.3) is 0 Å². The minimum atomic E-state index is -0.265. The number of carbonyl (C=O) groups is 2. The molecule has 0 saturated heterocycles. The van der Waals surface area contributed by atoms with Crippen molar-refractivity contribution >= 4 is 11.7 Å². The number of carbonyl (C=O) groups excluding carboxylic acids is 2. The smallest absolute Gasteiger partial charge is 0.218 e. The molecule has 4 heteroatoms. The summed E-state index contributed by atoms with van der Waals surface area (Å²) in [5.41, 5.74) is 7.08. The van der Waals surface area contributed by atoms with Crippen molar-refractivity contribution in [2.75, 3.05) is 0 Å². The van der Waals surface area contributed by atoms with Crippen LogP contribution in [0.15, 0.2) is 11.6 Å². The average molecular weight is 460 g/mol. The normalized spacial score (nSPS) is 42.5. The van der Waals surface area contributed by atoms with Crippen LogP contribution in [0.5, 0.6) is 0 Å². The second-order valence-electron chi connectivity index (χ2n) is 12.6. The molecular weight excluding hydrogens is 410 g/mol. The van der Waals surface area contributed by atoms with Crippen molar-refractivity contribution in [3.63, 3.8) is 0 Å². The van der Waals surface area contributed by atoms with Gasteiger partial charge in [-0.15, -0.1) is 0 Å². The number of rotatable bonds is 5. The van der Waals surface area contributed by atoms with Crippen LogP contribution in [-0.2, 0) is 9.59 Å². The van der Waals surface area contributed by atoms with Crippen molar-refractivity contribution in [2.24, 2.45) is 46.2 Å². The molecule has 3 N–H and O–H groups in total. The highest BCUT2D eigenvalue weighted by Gasteiger charge is 2.53. The number of hydrogen-bond acceptors (Lipinski definition) is 3. The Morgan fingerprint density at radius 2 is 1.85 bits per heavy atom. The third-order valence-electron chi connectivity index (χ3n) is 9.87. The number of amides is 1. The van der Waals surface area contributed by atoms with E-state index in [-0.39, 0.29) is 46.4 Å². The molecule has 4 nitrogen and oxygen atoms in total. The van der Waals surface area contributed by atoms with E-state index < -0.39 is 0 Å². The summed E-state index contributed by atoms with van der Waals surface area (Å²) < 4.78 is 0. The van der Waals surface area contributed by atoms with E-state index in [1.807, 2.05) is 6.08 Å². The minimum Gasteiger partial charge on any atom is -0.393 e. The molecule has 3 unspecified atom stereocenters. The molecule has 2 fully saturated rings. The summed E-state index contributed by atoms with van der Waals surface area (Å²) in [5, 5.41) is 10.6. The first-order valence-electron chi connectivity index (χ1n) is 13.7. The van der Waals surface area contributed by atoms with Gasteiger partial charge < -0.3 is 10.8 Å². The van der Waals surface area contributed by atoms with Crippen LogP contribution < -0.4 is 5.73 Å². The minimum absolute atomic E-state index is 0.00100. The number of aliphatic hydroxyl groups is 1. The summed E-state index contributed by atoms with van der Waals surface area (Å²) in [6.45, 7) is 11.4. The highest BCUT2D eigenvalue weighted by Crippen LogP contribution is 2.59. The van der Waals surface area contributed by atoms with Gasteiger partial charge in [0.1, 0.15) is 0 Å². The van der Waals surface area contributed by atoms with Crippen molar-refractivity contribution < 1.29 is 14.7 Å². The number of aliphatic hydroxyl groups excluding tert-OH is 1. The topological polar surface area (TPSA) is 80.4 Å². The van der Waals surface area contributed by atoms with Gasteiger partial charge in [0.15, 0.2) is 5.78 Å². The largest absolute Gasteiger partial charge is 0.393 e. The number of nitrogens with two attached hydrogens (primary N) is 1. The maximum absolute atomic E-state index is 13.7. The van der Waals surface area contributed by atoms with E-state index in [0.717, 1.165) is 51.4 Å². The van der Waals surface area contributed by atoms with E-state index in [2.05, 4.69) is 34.6 Å². The fraction of sp³-hybridized carbons (Fsp3) is 0.862. The molecule has 0 spiro atoms. The number of hydrogen-bond donors (Lipinski definition) is 2. The van der Waals surface area contributed by atoms with Gasteiger partial charge in [0.2, 0.25) is 5.91 Å². The maximum atomic E-state index is 13.7. The third kappa shape index (κ3) is 5.74. The van der Waals surface area contributed by atoms with Crippen LogP contribution in [0, 0.1) is 40.4 Å². The Labute approximate surface area is 202 Å². The van der Waals surface area contributed by atoms with Gasteiger partial charge in [-0.3, -0.25) is 9.59 Å². The van der Waals surface area contributed by atoms with Crippen molar-refractivity contribution in [3.8, 4) is 0 Å². The molecule has 0 aliphatic heterocycles. The monoisotopic (exact) mass is 459 g/mol. The van der Waals surface area contributed by atoms with Gasteiger partial charge >= 0.3 is 0 Å². The van der Waals surface area contributed by atoms with Crippen LogP contribution in [0.2, 0.25) is 0 Å². The molecule has 0 aromatic heterocycles. The lowest BCUT2D eigenvalue weighted by molar-refractivity contribution is -0.129. The van der Waals surface area contributed by atoms with Crippen molar-refractivity contribution in [1.82, 2.24) is 0 Å². The zero-order valence-corrected chi connectivity index (χ0v) is 21.9. The standard InChI is InChI=1S/C29H49NO3/c1-6-7-13-28(4)15-12-23-22(21(18-28)16-26(30)33)17-25(32)27-20(3)10-11-24(31)19(2)9-8-14-29(23,27)5/h17,19-21,23-24,27,31H,6-16,18H2,1-5H3,(H2,30,33)/t19-,20-,21?,23?,24-,27?,28+,29-/m0/s1.